The third-order valence-electron chi connectivity index (χ3n) is 8.12. The SMILES string of the molecule is Cc1nc2c(F)cc(C3=CC(CCc4ncc(N5CCN(CC6CC6)CC5)cn4)NC=C3F)cc2n1C(C)C. The number of aryl methyl sites for hydroxylation is 2. The summed E-state index contributed by atoms with van der Waals surface area (Å²) in [5.41, 5.74) is 2.98. The molecule has 1 aromatic carbocycles. The number of rotatable bonds is 8. The molecule has 6 rings (SSSR count). The van der Waals surface area contributed by atoms with Gasteiger partial charge < -0.3 is 14.8 Å². The van der Waals surface area contributed by atoms with Crippen LogP contribution in [-0.2, 0) is 6.42 Å². The smallest absolute Gasteiger partial charge is 0.151 e. The van der Waals surface area contributed by atoms with Gasteiger partial charge in [-0.3, -0.25) is 4.90 Å². The Morgan fingerprint density at radius 2 is 1.79 bits per heavy atom. The quantitative estimate of drug-likeness (QED) is 0.430. The fourth-order valence-corrected chi connectivity index (χ4v) is 5.84. The average Bonchev–Trinajstić information content (AvgIpc) is 3.67. The van der Waals surface area contributed by atoms with Crippen LogP contribution in [0.15, 0.2) is 42.6 Å². The molecule has 4 heterocycles. The number of nitrogens with one attached hydrogen (secondary N) is 1. The number of benzene rings is 1. The number of anilines is 1. The van der Waals surface area contributed by atoms with Crippen LogP contribution in [0.1, 0.15) is 56.4 Å². The van der Waals surface area contributed by atoms with E-state index in [9.17, 15) is 4.39 Å². The van der Waals surface area contributed by atoms with Crippen molar-refractivity contribution in [2.24, 2.45) is 5.92 Å². The van der Waals surface area contributed by atoms with E-state index >= 15 is 4.39 Å². The van der Waals surface area contributed by atoms with E-state index in [1.165, 1.54) is 31.7 Å². The number of dihydropyridines is 1. The van der Waals surface area contributed by atoms with Gasteiger partial charge in [0.05, 0.1) is 23.6 Å². The molecule has 39 heavy (non-hydrogen) atoms. The molecule has 0 bridgehead atoms. The summed E-state index contributed by atoms with van der Waals surface area (Å²) in [6.45, 7) is 11.4. The highest BCUT2D eigenvalue weighted by Crippen LogP contribution is 2.33. The van der Waals surface area contributed by atoms with Crippen molar-refractivity contribution >= 4 is 22.3 Å². The van der Waals surface area contributed by atoms with Gasteiger partial charge in [0, 0.05) is 63.0 Å². The largest absolute Gasteiger partial charge is 0.382 e. The molecule has 1 saturated carbocycles. The van der Waals surface area contributed by atoms with Crippen molar-refractivity contribution in [1.82, 2.24) is 29.7 Å². The Hall–Kier alpha value is -3.33. The molecule has 7 nitrogen and oxygen atoms in total. The van der Waals surface area contributed by atoms with E-state index in [1.54, 1.807) is 0 Å². The zero-order valence-electron chi connectivity index (χ0n) is 23.0. The molecule has 2 fully saturated rings. The highest BCUT2D eigenvalue weighted by atomic mass is 19.1. The fourth-order valence-electron chi connectivity index (χ4n) is 5.84. The molecule has 1 unspecified atom stereocenters. The maximum Gasteiger partial charge on any atom is 0.151 e. The second kappa shape index (κ2) is 10.7. The molecule has 1 saturated heterocycles. The highest BCUT2D eigenvalue weighted by molar-refractivity contribution is 5.86. The predicted molar refractivity (Wildman–Crippen MR) is 151 cm³/mol. The standard InChI is InChI=1S/C30H37F2N7/c1-19(2)39-20(3)36-30-26(31)12-22(13-28(30)39)25-14-23(33-17-27(25)32)6-7-29-34-15-24(16-35-29)38-10-8-37(9-11-38)18-21-4-5-21/h12-17,19,21,23,33H,4-11,18H2,1-3H3. The third kappa shape index (κ3) is 5.55. The monoisotopic (exact) mass is 533 g/mol. The Morgan fingerprint density at radius 1 is 1.05 bits per heavy atom. The first-order valence-electron chi connectivity index (χ1n) is 14.2. The van der Waals surface area contributed by atoms with Gasteiger partial charge in [-0.25, -0.2) is 23.7 Å². The normalized spacial score (nSPS) is 20.4. The second-order valence-corrected chi connectivity index (χ2v) is 11.4. The van der Waals surface area contributed by atoms with Crippen LogP contribution in [0.4, 0.5) is 14.5 Å². The van der Waals surface area contributed by atoms with E-state index in [2.05, 4.69) is 30.1 Å². The van der Waals surface area contributed by atoms with Crippen LogP contribution in [0.2, 0.25) is 0 Å². The van der Waals surface area contributed by atoms with Gasteiger partial charge in [-0.15, -0.1) is 0 Å². The predicted octanol–water partition coefficient (Wildman–Crippen LogP) is 5.19. The molecule has 2 aliphatic heterocycles. The van der Waals surface area contributed by atoms with E-state index in [0.717, 1.165) is 49.4 Å². The van der Waals surface area contributed by atoms with Gasteiger partial charge in [0.2, 0.25) is 0 Å². The van der Waals surface area contributed by atoms with Gasteiger partial charge in [0.25, 0.3) is 0 Å². The lowest BCUT2D eigenvalue weighted by Gasteiger charge is -2.35. The number of piperazine rings is 1. The van der Waals surface area contributed by atoms with Gasteiger partial charge >= 0.3 is 0 Å². The van der Waals surface area contributed by atoms with Gasteiger partial charge in [-0.1, -0.05) is 6.08 Å². The van der Waals surface area contributed by atoms with E-state index in [-0.39, 0.29) is 12.1 Å². The number of allylic oxidation sites excluding steroid dienone is 2. The Morgan fingerprint density at radius 3 is 2.49 bits per heavy atom. The van der Waals surface area contributed by atoms with Crippen LogP contribution in [0, 0.1) is 18.7 Å². The van der Waals surface area contributed by atoms with Crippen molar-refractivity contribution in [3.63, 3.8) is 0 Å². The van der Waals surface area contributed by atoms with Crippen LogP contribution < -0.4 is 10.2 Å². The summed E-state index contributed by atoms with van der Waals surface area (Å²) in [7, 11) is 0. The molecule has 0 amide bonds. The molecule has 3 aliphatic rings. The molecule has 3 aromatic rings. The summed E-state index contributed by atoms with van der Waals surface area (Å²) in [6, 6.07) is 3.23. The van der Waals surface area contributed by atoms with Crippen molar-refractivity contribution in [3.8, 4) is 0 Å². The lowest BCUT2D eigenvalue weighted by Crippen LogP contribution is -2.47. The van der Waals surface area contributed by atoms with Crippen LogP contribution in [0.25, 0.3) is 16.6 Å². The molecule has 1 atom stereocenters. The number of hydrogen-bond donors (Lipinski definition) is 1. The Kier molecular flexibility index (Phi) is 7.10. The number of halogens is 2. The molecule has 1 N–H and O–H groups in total. The summed E-state index contributed by atoms with van der Waals surface area (Å²) in [6.07, 6.45) is 11.2. The van der Waals surface area contributed by atoms with Crippen LogP contribution in [-0.4, -0.2) is 63.2 Å². The topological polar surface area (TPSA) is 62.1 Å². The average molecular weight is 534 g/mol. The maximum atomic E-state index is 15.0. The molecule has 206 valence electrons. The molecule has 0 radical (unpaired) electrons. The van der Waals surface area contributed by atoms with Crippen LogP contribution in [0.5, 0.6) is 0 Å². The lowest BCUT2D eigenvalue weighted by atomic mass is 9.97. The lowest BCUT2D eigenvalue weighted by molar-refractivity contribution is 0.248. The van der Waals surface area contributed by atoms with Crippen LogP contribution in [0.3, 0.4) is 0 Å². The Bertz CT molecular complexity index is 1400. The minimum atomic E-state index is -0.438. The van der Waals surface area contributed by atoms with E-state index in [4.69, 9.17) is 0 Å². The number of aromatic nitrogens is 4. The van der Waals surface area contributed by atoms with E-state index in [0.29, 0.717) is 35.0 Å². The molecule has 1 aliphatic carbocycles. The summed E-state index contributed by atoms with van der Waals surface area (Å²) in [5, 5.41) is 3.12. The number of hydrogen-bond acceptors (Lipinski definition) is 6. The van der Waals surface area contributed by atoms with E-state index in [1.807, 2.05) is 49.9 Å². The number of nitrogens with zero attached hydrogens (tertiary/aromatic N) is 6. The molecule has 9 heteroatoms. The minimum absolute atomic E-state index is 0.113. The van der Waals surface area contributed by atoms with Crippen molar-refractivity contribution in [2.75, 3.05) is 37.6 Å². The Balaban J connectivity index is 1.11. The first kappa shape index (κ1) is 25.9. The van der Waals surface area contributed by atoms with Gasteiger partial charge in [0.15, 0.2) is 5.82 Å². The molecular formula is C30H37F2N7. The number of imidazole rings is 1. The number of fused-ring (bicyclic) bond motifs is 1. The zero-order chi connectivity index (χ0) is 27.1. The first-order chi connectivity index (χ1) is 18.9. The van der Waals surface area contributed by atoms with Crippen molar-refractivity contribution in [3.05, 3.63) is 65.7 Å². The molecular weight excluding hydrogens is 496 g/mol. The molecule has 2 aromatic heterocycles. The van der Waals surface area contributed by atoms with Crippen molar-refractivity contribution in [1.29, 1.82) is 0 Å². The maximum absolute atomic E-state index is 15.0. The summed E-state index contributed by atoms with van der Waals surface area (Å²) < 4.78 is 31.9. The van der Waals surface area contributed by atoms with Crippen molar-refractivity contribution < 1.29 is 8.78 Å². The zero-order valence-corrected chi connectivity index (χ0v) is 23.0. The molecule has 0 spiro atoms. The summed E-state index contributed by atoms with van der Waals surface area (Å²) in [5.74, 6) is 1.59. The Labute approximate surface area is 228 Å². The van der Waals surface area contributed by atoms with Crippen molar-refractivity contribution in [2.45, 2.75) is 58.5 Å². The van der Waals surface area contributed by atoms with Gasteiger partial charge in [-0.05, 0) is 63.6 Å². The minimum Gasteiger partial charge on any atom is -0.382 e. The first-order valence-corrected chi connectivity index (χ1v) is 14.2. The second-order valence-electron chi connectivity index (χ2n) is 11.4. The summed E-state index contributed by atoms with van der Waals surface area (Å²) in [4.78, 5) is 18.6. The van der Waals surface area contributed by atoms with E-state index < -0.39 is 11.6 Å². The van der Waals surface area contributed by atoms with Gasteiger partial charge in [0.1, 0.15) is 23.0 Å². The fraction of sp³-hybridized carbons (Fsp3) is 0.500. The highest BCUT2D eigenvalue weighted by Gasteiger charge is 2.27. The van der Waals surface area contributed by atoms with Crippen LogP contribution >= 0.6 is 0 Å². The third-order valence-corrected chi connectivity index (χ3v) is 8.12. The van der Waals surface area contributed by atoms with Gasteiger partial charge in [-0.2, -0.15) is 0 Å². The summed E-state index contributed by atoms with van der Waals surface area (Å²) >= 11 is 0.